The monoisotopic (exact) mass is 267 g/mol. The summed E-state index contributed by atoms with van der Waals surface area (Å²) in [5.74, 6) is 0.531. The number of alkyl halides is 1. The number of para-hydroxylation sites is 1. The standard InChI is InChI=1S/C12H14ClN3O2/c1-18-8-11-10(6-13)14-15-16(11)7-9-4-2-3-5-12(9)17/h2-5,17H,6-8H2,1H3. The van der Waals surface area contributed by atoms with Gasteiger partial charge in [-0.25, -0.2) is 4.68 Å². The Morgan fingerprint density at radius 3 is 2.83 bits per heavy atom. The van der Waals surface area contributed by atoms with Gasteiger partial charge in [-0.1, -0.05) is 23.4 Å². The maximum absolute atomic E-state index is 9.74. The van der Waals surface area contributed by atoms with Crippen LogP contribution < -0.4 is 0 Å². The molecule has 1 aromatic carbocycles. The smallest absolute Gasteiger partial charge is 0.120 e. The Kier molecular flexibility index (Phi) is 4.17. The first-order valence-electron chi connectivity index (χ1n) is 5.49. The number of benzene rings is 1. The zero-order chi connectivity index (χ0) is 13.0. The lowest BCUT2D eigenvalue weighted by Crippen LogP contribution is -2.08. The minimum atomic E-state index is 0.240. The molecule has 0 radical (unpaired) electrons. The Hall–Kier alpha value is -1.59. The van der Waals surface area contributed by atoms with Gasteiger partial charge >= 0.3 is 0 Å². The molecule has 0 aliphatic rings. The van der Waals surface area contributed by atoms with Crippen LogP contribution >= 0.6 is 11.6 Å². The molecule has 6 heteroatoms. The molecule has 0 aliphatic carbocycles. The largest absolute Gasteiger partial charge is 0.508 e. The fourth-order valence-corrected chi connectivity index (χ4v) is 1.91. The molecule has 0 amide bonds. The number of phenols is 1. The van der Waals surface area contributed by atoms with E-state index in [2.05, 4.69) is 10.3 Å². The first-order chi connectivity index (χ1) is 8.76. The average molecular weight is 268 g/mol. The van der Waals surface area contributed by atoms with E-state index >= 15 is 0 Å². The highest BCUT2D eigenvalue weighted by atomic mass is 35.5. The number of hydrogen-bond donors (Lipinski definition) is 1. The fraction of sp³-hybridized carbons (Fsp3) is 0.333. The summed E-state index contributed by atoms with van der Waals surface area (Å²) in [6.07, 6.45) is 0. The molecular formula is C12H14ClN3O2. The summed E-state index contributed by atoms with van der Waals surface area (Å²) in [6, 6.07) is 7.13. The normalized spacial score (nSPS) is 10.8. The van der Waals surface area contributed by atoms with Gasteiger partial charge in [0.2, 0.25) is 0 Å². The van der Waals surface area contributed by atoms with Gasteiger partial charge < -0.3 is 9.84 Å². The quantitative estimate of drug-likeness (QED) is 0.841. The lowest BCUT2D eigenvalue weighted by atomic mass is 10.2. The van der Waals surface area contributed by atoms with E-state index in [0.717, 1.165) is 11.3 Å². The summed E-state index contributed by atoms with van der Waals surface area (Å²) in [4.78, 5) is 0. The molecule has 0 saturated heterocycles. The van der Waals surface area contributed by atoms with E-state index in [4.69, 9.17) is 16.3 Å². The lowest BCUT2D eigenvalue weighted by molar-refractivity contribution is 0.176. The number of aromatic hydroxyl groups is 1. The Morgan fingerprint density at radius 1 is 1.39 bits per heavy atom. The SMILES string of the molecule is COCc1c(CCl)nnn1Cc1ccccc1O. The number of hydrogen-bond acceptors (Lipinski definition) is 4. The summed E-state index contributed by atoms with van der Waals surface area (Å²) in [7, 11) is 1.61. The summed E-state index contributed by atoms with van der Waals surface area (Å²) in [5, 5.41) is 17.8. The summed E-state index contributed by atoms with van der Waals surface area (Å²) in [6.45, 7) is 0.831. The van der Waals surface area contributed by atoms with Gasteiger partial charge in [-0.3, -0.25) is 0 Å². The van der Waals surface area contributed by atoms with Crippen molar-refractivity contribution in [1.29, 1.82) is 0 Å². The molecular weight excluding hydrogens is 254 g/mol. The molecule has 0 aliphatic heterocycles. The van der Waals surface area contributed by atoms with Crippen molar-refractivity contribution in [3.8, 4) is 5.75 Å². The average Bonchev–Trinajstić information content (AvgIpc) is 2.75. The lowest BCUT2D eigenvalue weighted by Gasteiger charge is -2.08. The van der Waals surface area contributed by atoms with Gasteiger partial charge in [0, 0.05) is 12.7 Å². The number of aromatic nitrogens is 3. The Labute approximate surface area is 110 Å². The van der Waals surface area contributed by atoms with E-state index in [1.165, 1.54) is 0 Å². The van der Waals surface area contributed by atoms with E-state index in [0.29, 0.717) is 24.7 Å². The highest BCUT2D eigenvalue weighted by molar-refractivity contribution is 6.16. The topological polar surface area (TPSA) is 60.2 Å². The van der Waals surface area contributed by atoms with Crippen molar-refractivity contribution >= 4 is 11.6 Å². The van der Waals surface area contributed by atoms with Crippen molar-refractivity contribution in [3.05, 3.63) is 41.2 Å². The number of halogens is 1. The molecule has 0 bridgehead atoms. The molecule has 1 aromatic heterocycles. The van der Waals surface area contributed by atoms with E-state index in [9.17, 15) is 5.11 Å². The number of phenolic OH excluding ortho intramolecular Hbond substituents is 1. The van der Waals surface area contributed by atoms with Crippen molar-refractivity contribution in [2.75, 3.05) is 7.11 Å². The van der Waals surface area contributed by atoms with E-state index < -0.39 is 0 Å². The van der Waals surface area contributed by atoms with Crippen molar-refractivity contribution in [1.82, 2.24) is 15.0 Å². The van der Waals surface area contributed by atoms with E-state index in [-0.39, 0.29) is 5.75 Å². The Bertz CT molecular complexity index is 528. The van der Waals surface area contributed by atoms with Gasteiger partial charge in [0.1, 0.15) is 11.4 Å². The number of ether oxygens (including phenoxy) is 1. The maximum atomic E-state index is 9.74. The van der Waals surface area contributed by atoms with Crippen LogP contribution in [-0.2, 0) is 23.8 Å². The number of nitrogens with zero attached hydrogens (tertiary/aromatic N) is 3. The van der Waals surface area contributed by atoms with Gasteiger partial charge in [0.05, 0.1) is 24.7 Å². The van der Waals surface area contributed by atoms with Crippen molar-refractivity contribution in [2.24, 2.45) is 0 Å². The van der Waals surface area contributed by atoms with Crippen molar-refractivity contribution < 1.29 is 9.84 Å². The van der Waals surface area contributed by atoms with Gasteiger partial charge in [0.25, 0.3) is 0 Å². The third kappa shape index (κ3) is 2.63. The molecule has 1 heterocycles. The molecule has 0 unspecified atom stereocenters. The molecule has 2 aromatic rings. The van der Waals surface area contributed by atoms with Crippen LogP contribution in [0.2, 0.25) is 0 Å². The molecule has 2 rings (SSSR count). The Balaban J connectivity index is 2.29. The molecule has 5 nitrogen and oxygen atoms in total. The van der Waals surface area contributed by atoms with Crippen LogP contribution in [0, 0.1) is 0 Å². The molecule has 96 valence electrons. The zero-order valence-electron chi connectivity index (χ0n) is 10.0. The minimum Gasteiger partial charge on any atom is -0.508 e. The van der Waals surface area contributed by atoms with Gasteiger partial charge in [-0.2, -0.15) is 0 Å². The highest BCUT2D eigenvalue weighted by Gasteiger charge is 2.13. The second-order valence-electron chi connectivity index (χ2n) is 3.84. The van der Waals surface area contributed by atoms with Crippen LogP contribution in [-0.4, -0.2) is 27.2 Å². The first kappa shape index (κ1) is 12.9. The van der Waals surface area contributed by atoms with Gasteiger partial charge in [0.15, 0.2) is 0 Å². The van der Waals surface area contributed by atoms with Crippen molar-refractivity contribution in [3.63, 3.8) is 0 Å². The van der Waals surface area contributed by atoms with E-state index in [1.807, 2.05) is 12.1 Å². The Morgan fingerprint density at radius 2 is 2.17 bits per heavy atom. The van der Waals surface area contributed by atoms with E-state index in [1.54, 1.807) is 23.9 Å². The molecule has 0 saturated carbocycles. The molecule has 0 fully saturated rings. The molecule has 18 heavy (non-hydrogen) atoms. The van der Waals surface area contributed by atoms with Crippen LogP contribution in [0.25, 0.3) is 0 Å². The summed E-state index contributed by atoms with van der Waals surface area (Å²) >= 11 is 5.79. The zero-order valence-corrected chi connectivity index (χ0v) is 10.8. The molecule has 1 N–H and O–H groups in total. The first-order valence-corrected chi connectivity index (χ1v) is 6.02. The van der Waals surface area contributed by atoms with Crippen LogP contribution in [0.5, 0.6) is 5.75 Å². The summed E-state index contributed by atoms with van der Waals surface area (Å²) < 4.78 is 6.81. The third-order valence-electron chi connectivity index (χ3n) is 2.64. The van der Waals surface area contributed by atoms with Gasteiger partial charge in [-0.15, -0.1) is 16.7 Å². The molecule has 0 spiro atoms. The molecule has 0 atom stereocenters. The third-order valence-corrected chi connectivity index (χ3v) is 2.89. The van der Waals surface area contributed by atoms with Crippen LogP contribution in [0.15, 0.2) is 24.3 Å². The van der Waals surface area contributed by atoms with Crippen LogP contribution in [0.4, 0.5) is 0 Å². The second-order valence-corrected chi connectivity index (χ2v) is 4.10. The highest BCUT2D eigenvalue weighted by Crippen LogP contribution is 2.18. The maximum Gasteiger partial charge on any atom is 0.120 e. The van der Waals surface area contributed by atoms with Crippen LogP contribution in [0.3, 0.4) is 0 Å². The van der Waals surface area contributed by atoms with Crippen molar-refractivity contribution in [2.45, 2.75) is 19.0 Å². The minimum absolute atomic E-state index is 0.240. The number of methoxy groups -OCH3 is 1. The second kappa shape index (κ2) is 5.84. The number of rotatable bonds is 5. The predicted molar refractivity (Wildman–Crippen MR) is 67.5 cm³/mol. The fourth-order valence-electron chi connectivity index (χ4n) is 1.70. The van der Waals surface area contributed by atoms with Gasteiger partial charge in [-0.05, 0) is 6.07 Å². The van der Waals surface area contributed by atoms with Crippen LogP contribution in [0.1, 0.15) is 17.0 Å². The summed E-state index contributed by atoms with van der Waals surface area (Å²) in [5.41, 5.74) is 2.31. The predicted octanol–water partition coefficient (Wildman–Crippen LogP) is 1.92.